The van der Waals surface area contributed by atoms with Crippen LogP contribution in [-0.4, -0.2) is 43.9 Å². The molecule has 1 amide bonds. The van der Waals surface area contributed by atoms with E-state index < -0.39 is 0 Å². The summed E-state index contributed by atoms with van der Waals surface area (Å²) in [5, 5.41) is 9.67. The number of aromatic amines is 1. The number of H-pyrrole nitrogens is 1. The number of aryl methyl sites for hydroxylation is 1. The maximum absolute atomic E-state index is 12.8. The van der Waals surface area contributed by atoms with E-state index in [4.69, 9.17) is 0 Å². The van der Waals surface area contributed by atoms with Gasteiger partial charge in [-0.3, -0.25) is 9.48 Å². The highest BCUT2D eigenvalue weighted by Gasteiger charge is 2.24. The fourth-order valence-corrected chi connectivity index (χ4v) is 3.85. The number of hydrogen-bond acceptors (Lipinski definition) is 3. The Morgan fingerprint density at radius 1 is 1.26 bits per heavy atom. The second-order valence-electron chi connectivity index (χ2n) is 7.55. The van der Waals surface area contributed by atoms with Gasteiger partial charge in [0.05, 0.1) is 5.69 Å². The number of likely N-dealkylation sites (tertiary alicyclic amines) is 1. The van der Waals surface area contributed by atoms with Gasteiger partial charge in [0, 0.05) is 43.1 Å². The van der Waals surface area contributed by atoms with Gasteiger partial charge in [-0.25, -0.2) is 0 Å². The zero-order valence-electron chi connectivity index (χ0n) is 15.9. The molecule has 1 aliphatic rings. The minimum atomic E-state index is 0.132. The number of hydrogen-bond donors (Lipinski definition) is 1. The number of nitrogens with zero attached hydrogens (tertiary/aromatic N) is 4. The summed E-state index contributed by atoms with van der Waals surface area (Å²) in [6, 6.07) is 7.91. The monoisotopic (exact) mass is 365 g/mol. The van der Waals surface area contributed by atoms with Crippen molar-refractivity contribution in [2.24, 2.45) is 5.92 Å². The van der Waals surface area contributed by atoms with Crippen molar-refractivity contribution >= 4 is 16.8 Å². The molecule has 3 heterocycles. The van der Waals surface area contributed by atoms with Gasteiger partial charge in [-0.2, -0.15) is 0 Å². The van der Waals surface area contributed by atoms with E-state index in [0.717, 1.165) is 67.5 Å². The molecule has 0 bridgehead atoms. The topological polar surface area (TPSA) is 66.8 Å². The number of rotatable bonds is 6. The normalized spacial score (nSPS) is 15.5. The summed E-state index contributed by atoms with van der Waals surface area (Å²) in [4.78, 5) is 18.0. The maximum atomic E-state index is 12.8. The van der Waals surface area contributed by atoms with Gasteiger partial charge in [0.1, 0.15) is 0 Å². The van der Waals surface area contributed by atoms with E-state index >= 15 is 0 Å². The maximum Gasteiger partial charge on any atom is 0.253 e. The summed E-state index contributed by atoms with van der Waals surface area (Å²) < 4.78 is 1.98. The lowest BCUT2D eigenvalue weighted by molar-refractivity contribution is 0.0681. The number of nitrogens with one attached hydrogen (secondary N) is 1. The van der Waals surface area contributed by atoms with Crippen LogP contribution in [0.15, 0.2) is 36.7 Å². The summed E-state index contributed by atoms with van der Waals surface area (Å²) in [5.41, 5.74) is 2.87. The molecule has 0 radical (unpaired) electrons. The molecule has 0 aliphatic carbocycles. The van der Waals surface area contributed by atoms with Crippen molar-refractivity contribution in [1.29, 1.82) is 0 Å². The Kier molecular flexibility index (Phi) is 5.23. The van der Waals surface area contributed by atoms with E-state index in [0.29, 0.717) is 5.92 Å². The number of benzene rings is 1. The van der Waals surface area contributed by atoms with Crippen LogP contribution in [-0.2, 0) is 13.0 Å². The quantitative estimate of drug-likeness (QED) is 0.725. The van der Waals surface area contributed by atoms with Gasteiger partial charge in [0.25, 0.3) is 5.91 Å². The van der Waals surface area contributed by atoms with Crippen LogP contribution in [0.2, 0.25) is 0 Å². The van der Waals surface area contributed by atoms with Crippen LogP contribution in [0.3, 0.4) is 0 Å². The zero-order valence-corrected chi connectivity index (χ0v) is 15.9. The highest BCUT2D eigenvalue weighted by atomic mass is 16.2. The summed E-state index contributed by atoms with van der Waals surface area (Å²) >= 11 is 0. The molecular weight excluding hydrogens is 338 g/mol. The molecule has 1 N–H and O–H groups in total. The molecule has 6 nitrogen and oxygen atoms in total. The van der Waals surface area contributed by atoms with Crippen molar-refractivity contribution in [2.75, 3.05) is 13.1 Å². The first-order valence-electron chi connectivity index (χ1n) is 9.98. The predicted molar refractivity (Wildman–Crippen MR) is 106 cm³/mol. The summed E-state index contributed by atoms with van der Waals surface area (Å²) in [6.45, 7) is 4.71. The number of unbranched alkanes of at least 4 members (excludes halogenated alkanes) is 1. The van der Waals surface area contributed by atoms with Gasteiger partial charge in [-0.05, 0) is 55.2 Å². The van der Waals surface area contributed by atoms with E-state index in [1.54, 1.807) is 0 Å². The van der Waals surface area contributed by atoms with Crippen LogP contribution in [0.4, 0.5) is 0 Å². The Morgan fingerprint density at radius 2 is 2.11 bits per heavy atom. The molecular formula is C21H27N5O. The average molecular weight is 365 g/mol. The largest absolute Gasteiger partial charge is 0.361 e. The lowest BCUT2D eigenvalue weighted by Gasteiger charge is -2.32. The molecule has 0 unspecified atom stereocenters. The highest BCUT2D eigenvalue weighted by molar-refractivity contribution is 5.97. The van der Waals surface area contributed by atoms with Crippen LogP contribution in [0.5, 0.6) is 0 Å². The van der Waals surface area contributed by atoms with Crippen LogP contribution in [0.1, 0.15) is 48.7 Å². The van der Waals surface area contributed by atoms with E-state index in [9.17, 15) is 4.79 Å². The van der Waals surface area contributed by atoms with Crippen molar-refractivity contribution in [2.45, 2.75) is 45.6 Å². The smallest absolute Gasteiger partial charge is 0.253 e. The molecule has 27 heavy (non-hydrogen) atoms. The van der Waals surface area contributed by atoms with E-state index in [1.807, 2.05) is 40.0 Å². The van der Waals surface area contributed by atoms with E-state index in [-0.39, 0.29) is 5.91 Å². The fourth-order valence-electron chi connectivity index (χ4n) is 3.85. The van der Waals surface area contributed by atoms with Gasteiger partial charge in [-0.1, -0.05) is 24.6 Å². The first kappa shape index (κ1) is 17.8. The molecule has 142 valence electrons. The van der Waals surface area contributed by atoms with Crippen molar-refractivity contribution < 1.29 is 4.79 Å². The lowest BCUT2D eigenvalue weighted by Crippen LogP contribution is -2.39. The van der Waals surface area contributed by atoms with Crippen LogP contribution < -0.4 is 0 Å². The third-order valence-corrected chi connectivity index (χ3v) is 5.52. The fraction of sp³-hybridized carbons (Fsp3) is 0.476. The molecule has 0 atom stereocenters. The molecule has 3 aromatic rings. The number of fused-ring (bicyclic) bond motifs is 1. The Balaban J connectivity index is 1.31. The molecule has 1 saturated heterocycles. The van der Waals surface area contributed by atoms with Crippen molar-refractivity contribution in [3.63, 3.8) is 0 Å². The highest BCUT2D eigenvalue weighted by Crippen LogP contribution is 2.22. The summed E-state index contributed by atoms with van der Waals surface area (Å²) in [6.07, 6.45) is 9.36. The number of carbonyl (C=O) groups is 1. The summed E-state index contributed by atoms with van der Waals surface area (Å²) in [5.74, 6) is 0.688. The van der Waals surface area contributed by atoms with E-state index in [1.165, 1.54) is 6.42 Å². The molecule has 2 aromatic heterocycles. The third kappa shape index (κ3) is 4.04. The van der Waals surface area contributed by atoms with Gasteiger partial charge in [0.15, 0.2) is 0 Å². The van der Waals surface area contributed by atoms with Crippen LogP contribution in [0, 0.1) is 5.92 Å². The SMILES string of the molecule is CCCCc1cn(CC2CCN(C(=O)c3ccc4cc[nH]c4c3)CC2)nn1. The number of amides is 1. The van der Waals surface area contributed by atoms with Crippen LogP contribution in [0.25, 0.3) is 10.9 Å². The second-order valence-corrected chi connectivity index (χ2v) is 7.55. The minimum absolute atomic E-state index is 0.132. The molecule has 4 rings (SSSR count). The Bertz CT molecular complexity index is 904. The summed E-state index contributed by atoms with van der Waals surface area (Å²) in [7, 11) is 0. The standard InChI is InChI=1S/C21H27N5O/c1-2-3-4-19-15-26(24-23-19)14-16-8-11-25(12-9-16)21(27)18-6-5-17-7-10-22-20(17)13-18/h5-7,10,13,15-16,22H,2-4,8-9,11-12,14H2,1H3. The van der Waals surface area contributed by atoms with Crippen LogP contribution >= 0.6 is 0 Å². The first-order chi connectivity index (χ1) is 13.2. The minimum Gasteiger partial charge on any atom is -0.361 e. The zero-order chi connectivity index (χ0) is 18.6. The number of piperidine rings is 1. The molecule has 1 aromatic carbocycles. The second kappa shape index (κ2) is 7.94. The predicted octanol–water partition coefficient (Wildman–Crippen LogP) is 3.65. The van der Waals surface area contributed by atoms with Gasteiger partial charge >= 0.3 is 0 Å². The van der Waals surface area contributed by atoms with Crippen molar-refractivity contribution in [1.82, 2.24) is 24.9 Å². The van der Waals surface area contributed by atoms with Gasteiger partial charge < -0.3 is 9.88 Å². The molecule has 1 fully saturated rings. The lowest BCUT2D eigenvalue weighted by atomic mass is 9.96. The Morgan fingerprint density at radius 3 is 2.93 bits per heavy atom. The molecule has 0 saturated carbocycles. The van der Waals surface area contributed by atoms with Gasteiger partial charge in [0.2, 0.25) is 0 Å². The first-order valence-corrected chi connectivity index (χ1v) is 9.98. The Labute approximate surface area is 159 Å². The number of carbonyl (C=O) groups excluding carboxylic acids is 1. The van der Waals surface area contributed by atoms with Gasteiger partial charge in [-0.15, -0.1) is 5.10 Å². The average Bonchev–Trinajstić information content (AvgIpc) is 3.35. The Hall–Kier alpha value is -2.63. The third-order valence-electron chi connectivity index (χ3n) is 5.52. The van der Waals surface area contributed by atoms with E-state index in [2.05, 4.69) is 28.4 Å². The number of aromatic nitrogens is 4. The molecule has 6 heteroatoms. The molecule has 0 spiro atoms. The van der Waals surface area contributed by atoms with Crippen molar-refractivity contribution in [3.05, 3.63) is 47.9 Å². The molecule has 1 aliphatic heterocycles. The van der Waals surface area contributed by atoms with Crippen molar-refractivity contribution in [3.8, 4) is 0 Å².